The Morgan fingerprint density at radius 1 is 1.41 bits per heavy atom. The van der Waals surface area contributed by atoms with Crippen LogP contribution in [0, 0.1) is 5.82 Å². The first-order valence-electron chi connectivity index (χ1n) is 9.00. The van der Waals surface area contributed by atoms with Crippen LogP contribution in [0.1, 0.15) is 27.2 Å². The normalized spacial score (nSPS) is 16.8. The van der Waals surface area contributed by atoms with Gasteiger partial charge in [-0.05, 0) is 28.1 Å². The molecule has 0 aliphatic carbocycles. The Kier molecular flexibility index (Phi) is 8.72. The van der Waals surface area contributed by atoms with E-state index in [-0.39, 0.29) is 16.7 Å². The standard InChI is InChI=1S/C16H18BrClFN5S.C2H6/c1-3-5-9-8-20-6-7-24(9)15-10-12(21-16(23-15)25-4-2)11(19)14(18)22-13(10)17;1-2/h3,9,20H,1,4-8H2,2H3;1-2H3. The molecule has 1 atom stereocenters. The van der Waals surface area contributed by atoms with Crippen molar-refractivity contribution in [1.82, 2.24) is 20.3 Å². The van der Waals surface area contributed by atoms with Crippen LogP contribution in [-0.2, 0) is 0 Å². The van der Waals surface area contributed by atoms with E-state index in [1.807, 2.05) is 26.8 Å². The second kappa shape index (κ2) is 10.5. The number of halogens is 3. The molecular formula is C18H24BrClFN5S. The van der Waals surface area contributed by atoms with Gasteiger partial charge in [0.2, 0.25) is 0 Å². The predicted octanol–water partition coefficient (Wildman–Crippen LogP) is 5.07. The van der Waals surface area contributed by atoms with E-state index in [2.05, 4.69) is 42.7 Å². The molecule has 1 saturated heterocycles. The highest BCUT2D eigenvalue weighted by Gasteiger charge is 2.27. The van der Waals surface area contributed by atoms with E-state index in [0.717, 1.165) is 31.8 Å². The molecule has 2 aromatic heterocycles. The molecule has 5 nitrogen and oxygen atoms in total. The van der Waals surface area contributed by atoms with Gasteiger partial charge in [0.1, 0.15) is 15.9 Å². The van der Waals surface area contributed by atoms with Crippen LogP contribution in [0.25, 0.3) is 10.9 Å². The molecule has 148 valence electrons. The van der Waals surface area contributed by atoms with E-state index in [1.165, 1.54) is 11.8 Å². The van der Waals surface area contributed by atoms with Crippen LogP contribution in [0.5, 0.6) is 0 Å². The first-order chi connectivity index (χ1) is 13.1. The average Bonchev–Trinajstić information content (AvgIpc) is 2.68. The lowest BCUT2D eigenvalue weighted by atomic mass is 10.1. The van der Waals surface area contributed by atoms with Gasteiger partial charge in [0.15, 0.2) is 16.1 Å². The topological polar surface area (TPSA) is 53.9 Å². The van der Waals surface area contributed by atoms with E-state index < -0.39 is 5.82 Å². The molecule has 27 heavy (non-hydrogen) atoms. The van der Waals surface area contributed by atoms with Gasteiger partial charge in [-0.15, -0.1) is 6.58 Å². The summed E-state index contributed by atoms with van der Waals surface area (Å²) >= 11 is 10.8. The van der Waals surface area contributed by atoms with Crippen molar-refractivity contribution >= 4 is 56.0 Å². The maximum Gasteiger partial charge on any atom is 0.190 e. The Bertz CT molecular complexity index is 807. The second-order valence-corrected chi connectivity index (χ2v) is 7.91. The summed E-state index contributed by atoms with van der Waals surface area (Å²) in [4.78, 5) is 15.3. The molecule has 0 amide bonds. The minimum Gasteiger partial charge on any atom is -0.350 e. The number of nitrogens with zero attached hydrogens (tertiary/aromatic N) is 4. The van der Waals surface area contributed by atoms with E-state index in [0.29, 0.717) is 21.0 Å². The zero-order chi connectivity index (χ0) is 20.0. The highest BCUT2D eigenvalue weighted by Crippen LogP contribution is 2.36. The average molecular weight is 477 g/mol. The number of aromatic nitrogens is 3. The lowest BCUT2D eigenvalue weighted by molar-refractivity contribution is 0.475. The van der Waals surface area contributed by atoms with Gasteiger partial charge in [-0.2, -0.15) is 0 Å². The number of fused-ring (bicyclic) bond motifs is 1. The summed E-state index contributed by atoms with van der Waals surface area (Å²) in [6.45, 7) is 12.3. The van der Waals surface area contributed by atoms with Crippen LogP contribution in [0.2, 0.25) is 5.15 Å². The summed E-state index contributed by atoms with van der Waals surface area (Å²) < 4.78 is 15.1. The van der Waals surface area contributed by atoms with Crippen molar-refractivity contribution in [1.29, 1.82) is 0 Å². The van der Waals surface area contributed by atoms with Crippen LogP contribution in [0.3, 0.4) is 0 Å². The predicted molar refractivity (Wildman–Crippen MR) is 117 cm³/mol. The second-order valence-electron chi connectivity index (χ2n) is 5.57. The Morgan fingerprint density at radius 2 is 2.15 bits per heavy atom. The summed E-state index contributed by atoms with van der Waals surface area (Å²) in [5.74, 6) is 0.866. The summed E-state index contributed by atoms with van der Waals surface area (Å²) in [6, 6.07) is 0.189. The van der Waals surface area contributed by atoms with Gasteiger partial charge >= 0.3 is 0 Å². The monoisotopic (exact) mass is 475 g/mol. The van der Waals surface area contributed by atoms with Crippen LogP contribution in [0.15, 0.2) is 22.4 Å². The lowest BCUT2D eigenvalue weighted by Crippen LogP contribution is -2.51. The number of hydrogen-bond donors (Lipinski definition) is 1. The minimum atomic E-state index is -0.614. The molecule has 9 heteroatoms. The summed E-state index contributed by atoms with van der Waals surface area (Å²) in [7, 11) is 0. The molecule has 3 heterocycles. The third kappa shape index (κ3) is 4.91. The number of nitrogens with one attached hydrogen (secondary N) is 1. The molecule has 1 aliphatic heterocycles. The number of rotatable bonds is 5. The van der Waals surface area contributed by atoms with Crippen LogP contribution in [-0.4, -0.2) is 46.4 Å². The molecule has 1 N–H and O–H groups in total. The Hall–Kier alpha value is -0.960. The maximum absolute atomic E-state index is 14.6. The molecule has 0 bridgehead atoms. The first-order valence-corrected chi connectivity index (χ1v) is 11.2. The SMILES string of the molecule is C=CCC1CNCCN1c1nc(SCC)nc2c(F)c(Cl)nc(Br)c12.CC. The fourth-order valence-corrected chi connectivity index (χ4v) is 4.29. The van der Waals surface area contributed by atoms with Gasteiger partial charge < -0.3 is 10.2 Å². The Labute approximate surface area is 177 Å². The van der Waals surface area contributed by atoms with Crippen LogP contribution in [0.4, 0.5) is 10.2 Å². The summed E-state index contributed by atoms with van der Waals surface area (Å²) in [5.41, 5.74) is 0.198. The molecule has 1 aliphatic rings. The molecule has 3 rings (SSSR count). The third-order valence-electron chi connectivity index (χ3n) is 4.00. The summed E-state index contributed by atoms with van der Waals surface area (Å²) in [6.07, 6.45) is 2.69. The Balaban J connectivity index is 0.00000126. The van der Waals surface area contributed by atoms with Gasteiger partial charge in [-0.25, -0.2) is 19.3 Å². The fraction of sp³-hybridized carbons (Fsp3) is 0.500. The summed E-state index contributed by atoms with van der Waals surface area (Å²) in [5, 5.41) is 4.28. The van der Waals surface area contributed by atoms with E-state index in [1.54, 1.807) is 0 Å². The molecule has 1 fully saturated rings. The largest absolute Gasteiger partial charge is 0.350 e. The van der Waals surface area contributed by atoms with E-state index in [9.17, 15) is 4.39 Å². The zero-order valence-corrected chi connectivity index (χ0v) is 18.9. The molecule has 1 unspecified atom stereocenters. The molecule has 2 aromatic rings. The molecule has 0 spiro atoms. The van der Waals surface area contributed by atoms with Gasteiger partial charge in [0.25, 0.3) is 0 Å². The van der Waals surface area contributed by atoms with Gasteiger partial charge in [0, 0.05) is 25.7 Å². The number of anilines is 1. The minimum absolute atomic E-state index is 0.189. The van der Waals surface area contributed by atoms with Crippen molar-refractivity contribution in [2.24, 2.45) is 0 Å². The molecular weight excluding hydrogens is 453 g/mol. The Morgan fingerprint density at radius 3 is 2.81 bits per heavy atom. The fourth-order valence-electron chi connectivity index (χ4n) is 2.91. The highest BCUT2D eigenvalue weighted by molar-refractivity contribution is 9.10. The van der Waals surface area contributed by atoms with Crippen molar-refractivity contribution in [3.05, 3.63) is 28.2 Å². The van der Waals surface area contributed by atoms with Crippen molar-refractivity contribution in [2.75, 3.05) is 30.3 Å². The number of thioether (sulfide) groups is 1. The first kappa shape index (κ1) is 22.3. The maximum atomic E-state index is 14.6. The van der Waals surface area contributed by atoms with Crippen LogP contribution >= 0.6 is 39.3 Å². The van der Waals surface area contributed by atoms with Crippen molar-refractivity contribution in [3.8, 4) is 0 Å². The quantitative estimate of drug-likeness (QED) is 0.281. The van der Waals surface area contributed by atoms with Gasteiger partial charge in [0.05, 0.1) is 5.39 Å². The molecule has 0 saturated carbocycles. The van der Waals surface area contributed by atoms with E-state index >= 15 is 0 Å². The molecule has 0 radical (unpaired) electrons. The molecule has 0 aromatic carbocycles. The van der Waals surface area contributed by atoms with Crippen molar-refractivity contribution in [2.45, 2.75) is 38.4 Å². The zero-order valence-electron chi connectivity index (χ0n) is 15.7. The van der Waals surface area contributed by atoms with Crippen molar-refractivity contribution < 1.29 is 4.39 Å². The van der Waals surface area contributed by atoms with Gasteiger partial charge in [-0.1, -0.05) is 50.2 Å². The van der Waals surface area contributed by atoms with Crippen molar-refractivity contribution in [3.63, 3.8) is 0 Å². The van der Waals surface area contributed by atoms with Gasteiger partial charge in [-0.3, -0.25) is 0 Å². The lowest BCUT2D eigenvalue weighted by Gasteiger charge is -2.37. The highest BCUT2D eigenvalue weighted by atomic mass is 79.9. The number of piperazine rings is 1. The smallest absolute Gasteiger partial charge is 0.190 e. The third-order valence-corrected chi connectivity index (χ3v) is 5.55. The number of pyridine rings is 1. The van der Waals surface area contributed by atoms with Crippen LogP contribution < -0.4 is 10.2 Å². The van der Waals surface area contributed by atoms with E-state index in [4.69, 9.17) is 16.6 Å². The number of hydrogen-bond acceptors (Lipinski definition) is 6.